The van der Waals surface area contributed by atoms with Crippen LogP contribution in [0.15, 0.2) is 6.07 Å². The third kappa shape index (κ3) is 2.00. The lowest BCUT2D eigenvalue weighted by atomic mass is 9.92. The van der Waals surface area contributed by atoms with E-state index in [2.05, 4.69) is 42.1 Å². The van der Waals surface area contributed by atoms with Gasteiger partial charge < -0.3 is 0 Å². The quantitative estimate of drug-likeness (QED) is 0.764. The van der Waals surface area contributed by atoms with Crippen molar-refractivity contribution in [1.82, 2.24) is 20.0 Å². The van der Waals surface area contributed by atoms with Crippen LogP contribution in [-0.4, -0.2) is 20.0 Å². The molecular weight excluding hydrogens is 220 g/mol. The Bertz CT molecular complexity index is 504. The molecule has 86 valence electrons. The Kier molecular flexibility index (Phi) is 2.58. The van der Waals surface area contributed by atoms with E-state index >= 15 is 0 Å². The Morgan fingerprint density at radius 3 is 2.38 bits per heavy atom. The van der Waals surface area contributed by atoms with Crippen LogP contribution in [0.1, 0.15) is 31.5 Å². The molecular formula is C11H16N4S. The molecule has 0 aliphatic carbocycles. The van der Waals surface area contributed by atoms with Crippen molar-refractivity contribution in [2.75, 3.05) is 0 Å². The van der Waals surface area contributed by atoms with Crippen molar-refractivity contribution >= 4 is 11.3 Å². The maximum absolute atomic E-state index is 4.52. The van der Waals surface area contributed by atoms with E-state index in [0.717, 1.165) is 21.4 Å². The fourth-order valence-corrected chi connectivity index (χ4v) is 2.17. The summed E-state index contributed by atoms with van der Waals surface area (Å²) in [5.74, 6) is 0. The van der Waals surface area contributed by atoms with Crippen LogP contribution in [0.4, 0.5) is 0 Å². The topological polar surface area (TPSA) is 43.6 Å². The van der Waals surface area contributed by atoms with Crippen LogP contribution in [-0.2, 0) is 12.5 Å². The Balaban J connectivity index is 2.47. The molecule has 0 radical (unpaired) electrons. The fraction of sp³-hybridized carbons (Fsp3) is 0.545. The van der Waals surface area contributed by atoms with Crippen LogP contribution in [0.25, 0.3) is 10.7 Å². The van der Waals surface area contributed by atoms with Crippen LogP contribution >= 0.6 is 11.3 Å². The first-order valence-corrected chi connectivity index (χ1v) is 6.04. The molecule has 0 saturated carbocycles. The molecule has 0 aromatic carbocycles. The largest absolute Gasteiger partial charge is 0.265 e. The van der Waals surface area contributed by atoms with E-state index in [0.29, 0.717) is 0 Å². The maximum atomic E-state index is 4.52. The maximum Gasteiger partial charge on any atom is 0.165 e. The van der Waals surface area contributed by atoms with E-state index in [-0.39, 0.29) is 5.41 Å². The third-order valence-electron chi connectivity index (χ3n) is 2.39. The minimum atomic E-state index is 0.0652. The van der Waals surface area contributed by atoms with E-state index in [1.165, 1.54) is 0 Å². The summed E-state index contributed by atoms with van der Waals surface area (Å²) in [7, 11) is 1.95. The highest BCUT2D eigenvalue weighted by atomic mass is 32.1. The first kappa shape index (κ1) is 11.3. The number of aromatic nitrogens is 4. The minimum Gasteiger partial charge on any atom is -0.265 e. The summed E-state index contributed by atoms with van der Waals surface area (Å²) in [6.45, 7) is 8.43. The van der Waals surface area contributed by atoms with Crippen molar-refractivity contribution in [2.24, 2.45) is 7.05 Å². The zero-order valence-corrected chi connectivity index (χ0v) is 11.1. The van der Waals surface area contributed by atoms with Gasteiger partial charge in [0.05, 0.1) is 11.4 Å². The van der Waals surface area contributed by atoms with Crippen LogP contribution < -0.4 is 0 Å². The molecule has 5 heteroatoms. The van der Waals surface area contributed by atoms with Crippen molar-refractivity contribution in [3.63, 3.8) is 0 Å². The minimum absolute atomic E-state index is 0.0652. The summed E-state index contributed by atoms with van der Waals surface area (Å²) in [6, 6.07) is 2.10. The van der Waals surface area contributed by atoms with Gasteiger partial charge in [0.2, 0.25) is 0 Å². The molecule has 0 atom stereocenters. The van der Waals surface area contributed by atoms with Crippen molar-refractivity contribution in [3.05, 3.63) is 16.8 Å². The molecule has 0 amide bonds. The van der Waals surface area contributed by atoms with Gasteiger partial charge >= 0.3 is 0 Å². The van der Waals surface area contributed by atoms with Gasteiger partial charge in [0.25, 0.3) is 0 Å². The van der Waals surface area contributed by atoms with Gasteiger partial charge in [0, 0.05) is 12.5 Å². The number of hydrogen-bond donors (Lipinski definition) is 0. The number of nitrogens with zero attached hydrogens (tertiary/aromatic N) is 4. The Morgan fingerprint density at radius 1 is 1.25 bits per heavy atom. The molecule has 16 heavy (non-hydrogen) atoms. The van der Waals surface area contributed by atoms with Crippen LogP contribution in [0.5, 0.6) is 0 Å². The van der Waals surface area contributed by atoms with Crippen molar-refractivity contribution < 1.29 is 0 Å². The number of rotatable bonds is 1. The Morgan fingerprint density at radius 2 is 1.94 bits per heavy atom. The zero-order valence-electron chi connectivity index (χ0n) is 10.3. The van der Waals surface area contributed by atoms with Gasteiger partial charge in [-0.05, 0) is 13.0 Å². The zero-order chi connectivity index (χ0) is 11.9. The van der Waals surface area contributed by atoms with Crippen LogP contribution in [0, 0.1) is 6.92 Å². The lowest BCUT2D eigenvalue weighted by Gasteiger charge is -2.13. The molecule has 0 saturated heterocycles. The fourth-order valence-electron chi connectivity index (χ4n) is 1.43. The first-order valence-electron chi connectivity index (χ1n) is 5.23. The normalized spacial score (nSPS) is 12.1. The first-order chi connectivity index (χ1) is 7.38. The van der Waals surface area contributed by atoms with E-state index < -0.39 is 0 Å². The summed E-state index contributed by atoms with van der Waals surface area (Å²) >= 11 is 1.60. The molecule has 2 rings (SSSR count). The summed E-state index contributed by atoms with van der Waals surface area (Å²) in [5, 5.41) is 14.6. The average molecular weight is 236 g/mol. The van der Waals surface area contributed by atoms with Gasteiger partial charge in [-0.3, -0.25) is 4.68 Å². The highest BCUT2D eigenvalue weighted by Crippen LogP contribution is 2.28. The number of aryl methyl sites for hydroxylation is 2. The van der Waals surface area contributed by atoms with Crippen molar-refractivity contribution in [2.45, 2.75) is 33.1 Å². The standard InChI is InChI=1S/C11H16N4S/c1-7-12-13-10(16-7)8-6-9(11(2,3)4)14-15(8)5/h6H,1-5H3. The second kappa shape index (κ2) is 3.66. The predicted octanol–water partition coefficient (Wildman–Crippen LogP) is 2.54. The summed E-state index contributed by atoms with van der Waals surface area (Å²) < 4.78 is 1.88. The SMILES string of the molecule is Cc1nnc(-c2cc(C(C)(C)C)nn2C)s1. The second-order valence-electron chi connectivity index (χ2n) is 4.91. The van der Waals surface area contributed by atoms with Gasteiger partial charge in [-0.15, -0.1) is 10.2 Å². The summed E-state index contributed by atoms with van der Waals surface area (Å²) in [4.78, 5) is 0. The molecule has 0 bridgehead atoms. The van der Waals surface area contributed by atoms with Gasteiger partial charge in [0.1, 0.15) is 5.01 Å². The predicted molar refractivity (Wildman–Crippen MR) is 65.5 cm³/mol. The molecule has 2 heterocycles. The molecule has 2 aromatic rings. The van der Waals surface area contributed by atoms with E-state index in [1.54, 1.807) is 11.3 Å². The molecule has 0 fully saturated rings. The second-order valence-corrected chi connectivity index (χ2v) is 6.10. The van der Waals surface area contributed by atoms with Crippen LogP contribution in [0.3, 0.4) is 0 Å². The van der Waals surface area contributed by atoms with E-state index in [9.17, 15) is 0 Å². The average Bonchev–Trinajstić information content (AvgIpc) is 2.70. The monoisotopic (exact) mass is 236 g/mol. The van der Waals surface area contributed by atoms with Gasteiger partial charge in [-0.25, -0.2) is 0 Å². The smallest absolute Gasteiger partial charge is 0.165 e. The highest BCUT2D eigenvalue weighted by molar-refractivity contribution is 7.14. The molecule has 0 aliphatic heterocycles. The molecule has 0 unspecified atom stereocenters. The third-order valence-corrected chi connectivity index (χ3v) is 3.25. The van der Waals surface area contributed by atoms with Crippen molar-refractivity contribution in [1.29, 1.82) is 0 Å². The highest BCUT2D eigenvalue weighted by Gasteiger charge is 2.20. The van der Waals surface area contributed by atoms with Gasteiger partial charge in [0.15, 0.2) is 5.01 Å². The molecule has 0 N–H and O–H groups in total. The van der Waals surface area contributed by atoms with Crippen LogP contribution in [0.2, 0.25) is 0 Å². The molecule has 2 aromatic heterocycles. The lowest BCUT2D eigenvalue weighted by molar-refractivity contribution is 0.553. The Hall–Kier alpha value is -1.23. The molecule has 4 nitrogen and oxygen atoms in total. The summed E-state index contributed by atoms with van der Waals surface area (Å²) in [5.41, 5.74) is 2.18. The van der Waals surface area contributed by atoms with Crippen molar-refractivity contribution in [3.8, 4) is 10.7 Å². The molecule has 0 aliphatic rings. The van der Waals surface area contributed by atoms with E-state index in [1.807, 2.05) is 18.7 Å². The summed E-state index contributed by atoms with van der Waals surface area (Å²) in [6.07, 6.45) is 0. The van der Waals surface area contributed by atoms with E-state index in [4.69, 9.17) is 0 Å². The van der Waals surface area contributed by atoms with Gasteiger partial charge in [-0.2, -0.15) is 5.10 Å². The van der Waals surface area contributed by atoms with Gasteiger partial charge in [-0.1, -0.05) is 32.1 Å². The lowest BCUT2D eigenvalue weighted by Crippen LogP contribution is -2.12. The number of hydrogen-bond acceptors (Lipinski definition) is 4. The Labute approximate surface area is 99.3 Å². The molecule has 0 spiro atoms.